The van der Waals surface area contributed by atoms with E-state index in [0.29, 0.717) is 12.3 Å². The number of hydrogen-bond acceptors (Lipinski definition) is 4. The zero-order valence-corrected chi connectivity index (χ0v) is 16.0. The maximum atomic E-state index is 12.1. The number of nitrogens with one attached hydrogen (secondary N) is 2. The highest BCUT2D eigenvalue weighted by atomic mass is 35.5. The fourth-order valence-electron chi connectivity index (χ4n) is 2.36. The standard InChI is InChI=1S/C20H26N2O3.ClH/c1-3-17(13-23)21-12-16-6-4-5-7-19(16)25-14-20(24)22-18-10-8-15(2)9-11-18;/h4-11,17,21,23H,3,12-14H2,1-2H3,(H,22,24);1H. The average Bonchev–Trinajstić information content (AvgIpc) is 2.63. The second-order valence-electron chi connectivity index (χ2n) is 5.98. The summed E-state index contributed by atoms with van der Waals surface area (Å²) in [5.41, 5.74) is 2.85. The van der Waals surface area contributed by atoms with Crippen LogP contribution in [-0.4, -0.2) is 30.3 Å². The van der Waals surface area contributed by atoms with Crippen molar-refractivity contribution in [1.82, 2.24) is 5.32 Å². The van der Waals surface area contributed by atoms with E-state index in [0.717, 1.165) is 23.2 Å². The van der Waals surface area contributed by atoms with Crippen LogP contribution >= 0.6 is 12.4 Å². The molecular weight excluding hydrogens is 352 g/mol. The Bertz CT molecular complexity index is 673. The lowest BCUT2D eigenvalue weighted by Gasteiger charge is -2.16. The summed E-state index contributed by atoms with van der Waals surface area (Å²) in [5, 5.41) is 15.4. The monoisotopic (exact) mass is 378 g/mol. The quantitative estimate of drug-likeness (QED) is 0.626. The Hall–Kier alpha value is -2.08. The molecule has 0 spiro atoms. The number of ether oxygens (including phenoxy) is 1. The Kier molecular flexibility index (Phi) is 9.73. The van der Waals surface area contributed by atoms with Gasteiger partial charge in [-0.05, 0) is 31.5 Å². The molecule has 0 bridgehead atoms. The maximum absolute atomic E-state index is 12.1. The molecule has 2 aromatic rings. The van der Waals surface area contributed by atoms with Crippen molar-refractivity contribution in [2.75, 3.05) is 18.5 Å². The first kappa shape index (κ1) is 22.0. The summed E-state index contributed by atoms with van der Waals surface area (Å²) >= 11 is 0. The normalized spacial score (nSPS) is 11.3. The van der Waals surface area contributed by atoms with Crippen molar-refractivity contribution in [1.29, 1.82) is 0 Å². The minimum Gasteiger partial charge on any atom is -0.483 e. The van der Waals surface area contributed by atoms with E-state index in [1.54, 1.807) is 0 Å². The van der Waals surface area contributed by atoms with Crippen molar-refractivity contribution in [3.05, 3.63) is 59.7 Å². The molecule has 0 fully saturated rings. The first-order valence-electron chi connectivity index (χ1n) is 8.53. The fraction of sp³-hybridized carbons (Fsp3) is 0.350. The number of hydrogen-bond donors (Lipinski definition) is 3. The number of rotatable bonds is 9. The second kappa shape index (κ2) is 11.5. The smallest absolute Gasteiger partial charge is 0.262 e. The molecule has 0 aromatic heterocycles. The summed E-state index contributed by atoms with van der Waals surface area (Å²) in [7, 11) is 0. The van der Waals surface area contributed by atoms with Crippen molar-refractivity contribution in [3.8, 4) is 5.75 Å². The van der Waals surface area contributed by atoms with Gasteiger partial charge in [-0.3, -0.25) is 4.79 Å². The number of para-hydroxylation sites is 1. The molecule has 26 heavy (non-hydrogen) atoms. The lowest BCUT2D eigenvalue weighted by atomic mass is 10.1. The molecular formula is C20H27ClN2O3. The van der Waals surface area contributed by atoms with E-state index in [1.807, 2.05) is 62.4 Å². The first-order valence-corrected chi connectivity index (χ1v) is 8.53. The topological polar surface area (TPSA) is 70.6 Å². The number of aryl methyl sites for hydroxylation is 1. The van der Waals surface area contributed by atoms with Crippen LogP contribution in [0.25, 0.3) is 0 Å². The van der Waals surface area contributed by atoms with Gasteiger partial charge >= 0.3 is 0 Å². The Morgan fingerprint density at radius 1 is 1.15 bits per heavy atom. The number of aliphatic hydroxyl groups excluding tert-OH is 1. The number of carbonyl (C=O) groups is 1. The van der Waals surface area contributed by atoms with Crippen LogP contribution in [0, 0.1) is 6.92 Å². The molecule has 5 nitrogen and oxygen atoms in total. The molecule has 0 radical (unpaired) electrons. The summed E-state index contributed by atoms with van der Waals surface area (Å²) in [4.78, 5) is 12.1. The molecule has 0 saturated heterocycles. The van der Waals surface area contributed by atoms with Crippen molar-refractivity contribution in [2.45, 2.75) is 32.9 Å². The van der Waals surface area contributed by atoms with Crippen LogP contribution < -0.4 is 15.4 Å². The molecule has 1 atom stereocenters. The van der Waals surface area contributed by atoms with Crippen molar-refractivity contribution in [3.63, 3.8) is 0 Å². The molecule has 142 valence electrons. The van der Waals surface area contributed by atoms with Crippen LogP contribution in [0.1, 0.15) is 24.5 Å². The summed E-state index contributed by atoms with van der Waals surface area (Å²) in [5.74, 6) is 0.468. The van der Waals surface area contributed by atoms with Crippen molar-refractivity contribution in [2.24, 2.45) is 0 Å². The molecule has 0 aliphatic carbocycles. The van der Waals surface area contributed by atoms with Gasteiger partial charge in [-0.2, -0.15) is 0 Å². The molecule has 2 aromatic carbocycles. The SMILES string of the molecule is CCC(CO)NCc1ccccc1OCC(=O)Nc1ccc(C)cc1.Cl. The Balaban J connectivity index is 0.00000338. The molecule has 6 heteroatoms. The second-order valence-corrected chi connectivity index (χ2v) is 5.98. The molecule has 0 heterocycles. The van der Waals surface area contributed by atoms with Gasteiger partial charge in [0.15, 0.2) is 6.61 Å². The third-order valence-electron chi connectivity index (χ3n) is 3.96. The lowest BCUT2D eigenvalue weighted by Crippen LogP contribution is -2.31. The summed E-state index contributed by atoms with van der Waals surface area (Å²) in [6.07, 6.45) is 0.846. The van der Waals surface area contributed by atoms with Gasteiger partial charge in [0.25, 0.3) is 5.91 Å². The first-order chi connectivity index (χ1) is 12.1. The van der Waals surface area contributed by atoms with Gasteiger partial charge in [-0.1, -0.05) is 42.8 Å². The van der Waals surface area contributed by atoms with E-state index in [1.165, 1.54) is 0 Å². The Morgan fingerprint density at radius 2 is 1.85 bits per heavy atom. The fourth-order valence-corrected chi connectivity index (χ4v) is 2.36. The van der Waals surface area contributed by atoms with Crippen LogP contribution in [0.15, 0.2) is 48.5 Å². The highest BCUT2D eigenvalue weighted by Crippen LogP contribution is 2.18. The summed E-state index contributed by atoms with van der Waals surface area (Å²) in [6, 6.07) is 15.3. The van der Waals surface area contributed by atoms with Crippen LogP contribution in [0.5, 0.6) is 5.75 Å². The van der Waals surface area contributed by atoms with Crippen molar-refractivity contribution < 1.29 is 14.6 Å². The zero-order valence-electron chi connectivity index (χ0n) is 15.2. The molecule has 0 aliphatic heterocycles. The number of amides is 1. The molecule has 0 saturated carbocycles. The number of halogens is 1. The minimum absolute atomic E-state index is 0. The molecule has 3 N–H and O–H groups in total. The van der Waals surface area contributed by atoms with Crippen molar-refractivity contribution >= 4 is 24.0 Å². The molecule has 2 rings (SSSR count). The van der Waals surface area contributed by atoms with E-state index in [4.69, 9.17) is 4.74 Å². The van der Waals surface area contributed by atoms with E-state index >= 15 is 0 Å². The lowest BCUT2D eigenvalue weighted by molar-refractivity contribution is -0.118. The highest BCUT2D eigenvalue weighted by Gasteiger charge is 2.09. The summed E-state index contributed by atoms with van der Waals surface area (Å²) in [6.45, 7) is 4.64. The van der Waals surface area contributed by atoms with E-state index in [9.17, 15) is 9.90 Å². The van der Waals surface area contributed by atoms with E-state index in [-0.39, 0.29) is 37.6 Å². The predicted octanol–water partition coefficient (Wildman–Crippen LogP) is 3.29. The average molecular weight is 379 g/mol. The number of aliphatic hydroxyl groups is 1. The van der Waals surface area contributed by atoms with Gasteiger partial charge in [-0.25, -0.2) is 0 Å². The van der Waals surface area contributed by atoms with E-state index < -0.39 is 0 Å². The van der Waals surface area contributed by atoms with Gasteiger partial charge in [0.1, 0.15) is 5.75 Å². The van der Waals surface area contributed by atoms with Crippen LogP contribution in [0.4, 0.5) is 5.69 Å². The molecule has 1 unspecified atom stereocenters. The van der Waals surface area contributed by atoms with Crippen LogP contribution in [-0.2, 0) is 11.3 Å². The summed E-state index contributed by atoms with van der Waals surface area (Å²) < 4.78 is 5.68. The largest absolute Gasteiger partial charge is 0.483 e. The Labute approximate surface area is 161 Å². The molecule has 0 aliphatic rings. The number of benzene rings is 2. The highest BCUT2D eigenvalue weighted by molar-refractivity contribution is 5.91. The van der Waals surface area contributed by atoms with Gasteiger partial charge < -0.3 is 20.5 Å². The number of carbonyl (C=O) groups excluding carboxylic acids is 1. The molecule has 1 amide bonds. The van der Waals surface area contributed by atoms with Crippen LogP contribution in [0.2, 0.25) is 0 Å². The predicted molar refractivity (Wildman–Crippen MR) is 107 cm³/mol. The van der Waals surface area contributed by atoms with E-state index in [2.05, 4.69) is 10.6 Å². The zero-order chi connectivity index (χ0) is 18.1. The van der Waals surface area contributed by atoms with Crippen LogP contribution in [0.3, 0.4) is 0 Å². The number of anilines is 1. The van der Waals surface area contributed by atoms with Gasteiger partial charge in [0, 0.05) is 23.8 Å². The van der Waals surface area contributed by atoms with Gasteiger partial charge in [-0.15, -0.1) is 12.4 Å². The third-order valence-corrected chi connectivity index (χ3v) is 3.96. The Morgan fingerprint density at radius 3 is 2.50 bits per heavy atom. The third kappa shape index (κ3) is 7.04. The maximum Gasteiger partial charge on any atom is 0.262 e. The van der Waals surface area contributed by atoms with Gasteiger partial charge in [0.2, 0.25) is 0 Å². The van der Waals surface area contributed by atoms with Gasteiger partial charge in [0.05, 0.1) is 6.61 Å². The minimum atomic E-state index is -0.201.